The molecule has 34 heavy (non-hydrogen) atoms. The van der Waals surface area contributed by atoms with E-state index in [0.717, 1.165) is 5.56 Å². The second kappa shape index (κ2) is 8.44. The third-order valence-electron chi connectivity index (χ3n) is 5.68. The van der Waals surface area contributed by atoms with Gasteiger partial charge in [-0.15, -0.1) is 0 Å². The number of hydrogen-bond acceptors (Lipinski definition) is 6. The number of carboxylic acid groups (broad SMARTS) is 1. The zero-order valence-corrected chi connectivity index (χ0v) is 18.5. The number of benzene rings is 3. The normalized spacial score (nSPS) is 13.7. The van der Waals surface area contributed by atoms with Crippen LogP contribution in [0.4, 0.5) is 0 Å². The minimum atomic E-state index is -1.02. The van der Waals surface area contributed by atoms with Gasteiger partial charge in [-0.05, 0) is 60.2 Å². The summed E-state index contributed by atoms with van der Waals surface area (Å²) in [5.41, 5.74) is 2.72. The van der Waals surface area contributed by atoms with Crippen LogP contribution in [0.25, 0.3) is 28.4 Å². The molecule has 7 nitrogen and oxygen atoms in total. The number of rotatable bonds is 6. The Labute approximate surface area is 194 Å². The molecule has 0 bridgehead atoms. The monoisotopic (exact) mass is 456 g/mol. The topological polar surface area (TPSA) is 95.2 Å². The summed E-state index contributed by atoms with van der Waals surface area (Å²) in [6.07, 6.45) is 1.36. The number of methoxy groups -OCH3 is 2. The lowest BCUT2D eigenvalue weighted by Crippen LogP contribution is -2.01. The SMILES string of the molecule is COc1ccc(/C=C2/Oc3c(ccc4oc(-c5ccc(OC)cc5)c(CC(=O)O)c34)C2=O)cc1. The number of hydrogen-bond donors (Lipinski definition) is 1. The van der Waals surface area contributed by atoms with Crippen LogP contribution in [0.3, 0.4) is 0 Å². The summed E-state index contributed by atoms with van der Waals surface area (Å²) < 4.78 is 22.5. The van der Waals surface area contributed by atoms with Crippen molar-refractivity contribution in [1.29, 1.82) is 0 Å². The van der Waals surface area contributed by atoms with E-state index >= 15 is 0 Å². The second-order valence-electron chi connectivity index (χ2n) is 7.74. The zero-order valence-electron chi connectivity index (χ0n) is 18.5. The molecule has 0 unspecified atom stereocenters. The van der Waals surface area contributed by atoms with Crippen LogP contribution in [0.1, 0.15) is 21.5 Å². The number of allylic oxidation sites excluding steroid dienone is 1. The lowest BCUT2D eigenvalue weighted by molar-refractivity contribution is -0.136. The van der Waals surface area contributed by atoms with E-state index in [1.807, 2.05) is 12.1 Å². The highest BCUT2D eigenvalue weighted by molar-refractivity contribution is 6.18. The number of carbonyl (C=O) groups excluding carboxylic acids is 1. The van der Waals surface area contributed by atoms with Gasteiger partial charge >= 0.3 is 5.97 Å². The number of ether oxygens (including phenoxy) is 3. The highest BCUT2D eigenvalue weighted by atomic mass is 16.5. The maximum absolute atomic E-state index is 13.1. The number of furan rings is 1. The van der Waals surface area contributed by atoms with Crippen molar-refractivity contribution in [3.63, 3.8) is 0 Å². The Hall–Kier alpha value is -4.52. The molecule has 0 saturated carbocycles. The number of carbonyl (C=O) groups is 2. The molecule has 0 atom stereocenters. The summed E-state index contributed by atoms with van der Waals surface area (Å²) in [6, 6.07) is 17.7. The molecular formula is C27H20O7. The second-order valence-corrected chi connectivity index (χ2v) is 7.74. The van der Waals surface area contributed by atoms with E-state index in [0.29, 0.717) is 50.7 Å². The van der Waals surface area contributed by atoms with Crippen molar-refractivity contribution < 1.29 is 33.3 Å². The fourth-order valence-electron chi connectivity index (χ4n) is 4.04. The van der Waals surface area contributed by atoms with Gasteiger partial charge in [-0.3, -0.25) is 9.59 Å². The molecule has 2 heterocycles. The number of carboxylic acids is 1. The number of ketones is 1. The third kappa shape index (κ3) is 3.67. The first kappa shape index (κ1) is 21.3. The van der Waals surface area contributed by atoms with E-state index in [1.165, 1.54) is 0 Å². The predicted octanol–water partition coefficient (Wildman–Crippen LogP) is 5.36. The molecule has 4 aromatic rings. The Morgan fingerprint density at radius 2 is 1.59 bits per heavy atom. The van der Waals surface area contributed by atoms with Crippen molar-refractivity contribution in [2.45, 2.75) is 6.42 Å². The molecule has 0 amide bonds. The van der Waals surface area contributed by atoms with Crippen molar-refractivity contribution >= 4 is 28.8 Å². The molecule has 1 aliphatic heterocycles. The quantitative estimate of drug-likeness (QED) is 0.390. The van der Waals surface area contributed by atoms with Crippen LogP contribution in [-0.4, -0.2) is 31.1 Å². The highest BCUT2D eigenvalue weighted by Crippen LogP contribution is 2.45. The van der Waals surface area contributed by atoms with E-state index in [9.17, 15) is 14.7 Å². The minimum absolute atomic E-state index is 0.154. The van der Waals surface area contributed by atoms with Gasteiger partial charge in [0.25, 0.3) is 0 Å². The van der Waals surface area contributed by atoms with Gasteiger partial charge in [-0.1, -0.05) is 12.1 Å². The summed E-state index contributed by atoms with van der Waals surface area (Å²) in [7, 11) is 3.15. The van der Waals surface area contributed by atoms with Crippen molar-refractivity contribution in [3.05, 3.63) is 83.1 Å². The third-order valence-corrected chi connectivity index (χ3v) is 5.68. The van der Waals surface area contributed by atoms with Crippen LogP contribution in [-0.2, 0) is 11.2 Å². The van der Waals surface area contributed by atoms with Gasteiger partial charge in [-0.2, -0.15) is 0 Å². The summed E-state index contributed by atoms with van der Waals surface area (Å²) in [6.45, 7) is 0. The van der Waals surface area contributed by atoms with Crippen LogP contribution in [0.2, 0.25) is 0 Å². The zero-order chi connectivity index (χ0) is 23.8. The molecule has 0 saturated heterocycles. The molecule has 5 rings (SSSR count). The highest BCUT2D eigenvalue weighted by Gasteiger charge is 2.33. The van der Waals surface area contributed by atoms with Crippen LogP contribution in [0, 0.1) is 0 Å². The lowest BCUT2D eigenvalue weighted by Gasteiger charge is -2.05. The largest absolute Gasteiger partial charge is 0.497 e. The first-order chi connectivity index (χ1) is 16.5. The standard InChI is InChI=1S/C27H20O7/c1-31-17-7-3-15(4-8-17)13-22-25(30)19-11-12-21-24(27(19)34-22)20(14-23(28)29)26(33-21)16-5-9-18(32-2)10-6-16/h3-13H,14H2,1-2H3,(H,28,29)/b22-13+. The Balaban J connectivity index is 1.63. The Morgan fingerprint density at radius 3 is 2.21 bits per heavy atom. The van der Waals surface area contributed by atoms with Crippen molar-refractivity contribution in [3.8, 4) is 28.6 Å². The van der Waals surface area contributed by atoms with Crippen molar-refractivity contribution in [2.75, 3.05) is 14.2 Å². The molecule has 0 aliphatic carbocycles. The molecule has 170 valence electrons. The lowest BCUT2D eigenvalue weighted by atomic mass is 10.00. The Bertz CT molecular complexity index is 1440. The van der Waals surface area contributed by atoms with Gasteiger partial charge in [0.15, 0.2) is 5.76 Å². The molecule has 0 radical (unpaired) electrons. The Kier molecular flexibility index (Phi) is 5.30. The van der Waals surface area contributed by atoms with Gasteiger partial charge in [0, 0.05) is 11.1 Å². The molecule has 1 N–H and O–H groups in total. The van der Waals surface area contributed by atoms with E-state index in [1.54, 1.807) is 68.8 Å². The number of aliphatic carboxylic acids is 1. The average Bonchev–Trinajstić information content (AvgIpc) is 3.37. The van der Waals surface area contributed by atoms with Crippen LogP contribution in [0.5, 0.6) is 17.2 Å². The van der Waals surface area contributed by atoms with Crippen LogP contribution >= 0.6 is 0 Å². The van der Waals surface area contributed by atoms with E-state index in [4.69, 9.17) is 18.6 Å². The molecule has 0 spiro atoms. The number of Topliss-reactive ketones (excluding diaryl/α,β-unsaturated/α-hetero) is 1. The summed E-state index contributed by atoms with van der Waals surface area (Å²) in [5, 5.41) is 10.1. The predicted molar refractivity (Wildman–Crippen MR) is 125 cm³/mol. The summed E-state index contributed by atoms with van der Waals surface area (Å²) in [5.74, 6) is 0.950. The molecule has 1 aromatic heterocycles. The fourth-order valence-corrected chi connectivity index (χ4v) is 4.04. The van der Waals surface area contributed by atoms with Gasteiger partial charge < -0.3 is 23.7 Å². The molecular weight excluding hydrogens is 436 g/mol. The van der Waals surface area contributed by atoms with E-state index in [-0.39, 0.29) is 18.0 Å². The first-order valence-corrected chi connectivity index (χ1v) is 10.5. The van der Waals surface area contributed by atoms with Crippen molar-refractivity contribution in [1.82, 2.24) is 0 Å². The molecule has 3 aromatic carbocycles. The molecule has 1 aliphatic rings. The van der Waals surface area contributed by atoms with Crippen LogP contribution < -0.4 is 14.2 Å². The first-order valence-electron chi connectivity index (χ1n) is 10.5. The number of fused-ring (bicyclic) bond motifs is 3. The maximum Gasteiger partial charge on any atom is 0.307 e. The molecule has 0 fully saturated rings. The van der Waals surface area contributed by atoms with Gasteiger partial charge in [0.1, 0.15) is 28.6 Å². The minimum Gasteiger partial charge on any atom is -0.497 e. The maximum atomic E-state index is 13.1. The average molecular weight is 456 g/mol. The van der Waals surface area contributed by atoms with Gasteiger partial charge in [-0.25, -0.2) is 0 Å². The fraction of sp³-hybridized carbons (Fsp3) is 0.111. The Morgan fingerprint density at radius 1 is 0.941 bits per heavy atom. The van der Waals surface area contributed by atoms with Crippen molar-refractivity contribution in [2.24, 2.45) is 0 Å². The molecule has 7 heteroatoms. The van der Waals surface area contributed by atoms with E-state index < -0.39 is 5.97 Å². The van der Waals surface area contributed by atoms with Gasteiger partial charge in [0.05, 0.1) is 31.6 Å². The smallest absolute Gasteiger partial charge is 0.307 e. The van der Waals surface area contributed by atoms with Gasteiger partial charge in [0.2, 0.25) is 5.78 Å². The summed E-state index contributed by atoms with van der Waals surface area (Å²) in [4.78, 5) is 24.8. The van der Waals surface area contributed by atoms with E-state index in [2.05, 4.69) is 0 Å². The summed E-state index contributed by atoms with van der Waals surface area (Å²) >= 11 is 0. The van der Waals surface area contributed by atoms with Crippen LogP contribution in [0.15, 0.2) is 70.8 Å².